The summed E-state index contributed by atoms with van der Waals surface area (Å²) in [6, 6.07) is 13.5. The molecule has 4 heterocycles. The number of hydrogen-bond donors (Lipinski definition) is 1. The van der Waals surface area contributed by atoms with Crippen molar-refractivity contribution in [2.24, 2.45) is 0 Å². The van der Waals surface area contributed by atoms with Gasteiger partial charge in [-0.3, -0.25) is 9.69 Å². The van der Waals surface area contributed by atoms with Crippen molar-refractivity contribution in [3.8, 4) is 0 Å². The number of aryl methyl sites for hydroxylation is 2. The summed E-state index contributed by atoms with van der Waals surface area (Å²) in [4.78, 5) is 18.4. The molecule has 0 aliphatic heterocycles. The number of benzene rings is 1. The van der Waals surface area contributed by atoms with Crippen molar-refractivity contribution >= 4 is 10.9 Å². The maximum absolute atomic E-state index is 13.1. The second kappa shape index (κ2) is 9.71. The maximum atomic E-state index is 13.1. The Kier molecular flexibility index (Phi) is 6.33. The van der Waals surface area contributed by atoms with Crippen molar-refractivity contribution in [3.63, 3.8) is 0 Å². The first-order valence-electron chi connectivity index (χ1n) is 11.7. The molecule has 0 saturated heterocycles. The first-order valence-corrected chi connectivity index (χ1v) is 11.7. The first kappa shape index (κ1) is 22.8. The highest BCUT2D eigenvalue weighted by Gasteiger charge is 2.27. The summed E-state index contributed by atoms with van der Waals surface area (Å²) < 4.78 is 12.9. The van der Waals surface area contributed by atoms with Crippen LogP contribution in [0.2, 0.25) is 0 Å². The summed E-state index contributed by atoms with van der Waals surface area (Å²) in [5.74, 6) is 2.28. The van der Waals surface area contributed by atoms with Crippen LogP contribution in [0.15, 0.2) is 68.6 Å². The van der Waals surface area contributed by atoms with Crippen LogP contribution in [0, 0.1) is 13.8 Å². The average molecular weight is 473 g/mol. The van der Waals surface area contributed by atoms with E-state index in [0.717, 1.165) is 40.0 Å². The van der Waals surface area contributed by atoms with Gasteiger partial charge in [0.15, 0.2) is 5.82 Å². The molecule has 1 aromatic carbocycles. The third-order valence-electron chi connectivity index (χ3n) is 6.27. The number of aromatic amines is 1. The van der Waals surface area contributed by atoms with Gasteiger partial charge in [0, 0.05) is 23.0 Å². The van der Waals surface area contributed by atoms with Gasteiger partial charge in [-0.2, -0.15) is 0 Å². The summed E-state index contributed by atoms with van der Waals surface area (Å²) >= 11 is 0. The highest BCUT2D eigenvalue weighted by atomic mass is 16.3. The van der Waals surface area contributed by atoms with Crippen LogP contribution >= 0.6 is 0 Å². The monoisotopic (exact) mass is 472 g/mol. The van der Waals surface area contributed by atoms with Gasteiger partial charge in [0.2, 0.25) is 0 Å². The lowest BCUT2D eigenvalue weighted by atomic mass is 10.0. The molecular weight excluding hydrogens is 444 g/mol. The standard InChI is InChI=1S/C26H28N6O3/c1-4-24(25-28-29-30-32(25)16-21-8-6-10-35-21)31(15-20-7-5-9-34-20)14-19-13-22-18(3)11-17(2)12-23(22)27-26(19)33/h5-13,24H,4,14-16H2,1-3H3,(H,27,33)/t24-/m1/s1. The lowest BCUT2D eigenvalue weighted by Crippen LogP contribution is -2.32. The fraction of sp³-hybridized carbons (Fsp3) is 0.308. The number of furan rings is 2. The summed E-state index contributed by atoms with van der Waals surface area (Å²) in [6.45, 7) is 7.52. The highest BCUT2D eigenvalue weighted by molar-refractivity contribution is 5.83. The van der Waals surface area contributed by atoms with Gasteiger partial charge >= 0.3 is 0 Å². The molecule has 0 spiro atoms. The first-order chi connectivity index (χ1) is 17.0. The minimum Gasteiger partial charge on any atom is -0.468 e. The van der Waals surface area contributed by atoms with Gasteiger partial charge < -0.3 is 13.8 Å². The van der Waals surface area contributed by atoms with E-state index in [1.54, 1.807) is 17.2 Å². The van der Waals surface area contributed by atoms with E-state index in [-0.39, 0.29) is 11.6 Å². The highest BCUT2D eigenvalue weighted by Crippen LogP contribution is 2.27. The molecular formula is C26H28N6O3. The molecule has 180 valence electrons. The maximum Gasteiger partial charge on any atom is 0.252 e. The average Bonchev–Trinajstić information content (AvgIpc) is 3.60. The quantitative estimate of drug-likeness (QED) is 0.336. The van der Waals surface area contributed by atoms with E-state index in [0.29, 0.717) is 31.0 Å². The molecule has 0 bridgehead atoms. The number of nitrogens with one attached hydrogen (secondary N) is 1. The number of rotatable bonds is 9. The normalized spacial score (nSPS) is 12.6. The Hall–Kier alpha value is -3.98. The minimum absolute atomic E-state index is 0.100. The third kappa shape index (κ3) is 4.81. The van der Waals surface area contributed by atoms with E-state index >= 15 is 0 Å². The van der Waals surface area contributed by atoms with E-state index in [1.165, 1.54) is 0 Å². The van der Waals surface area contributed by atoms with E-state index in [1.807, 2.05) is 43.3 Å². The van der Waals surface area contributed by atoms with Crippen LogP contribution in [0.25, 0.3) is 10.9 Å². The molecule has 1 N–H and O–H groups in total. The predicted octanol–water partition coefficient (Wildman–Crippen LogP) is 4.52. The zero-order valence-corrected chi connectivity index (χ0v) is 20.1. The van der Waals surface area contributed by atoms with Crippen molar-refractivity contribution in [1.82, 2.24) is 30.1 Å². The zero-order valence-electron chi connectivity index (χ0n) is 20.1. The Morgan fingerprint density at radius 1 is 1.06 bits per heavy atom. The van der Waals surface area contributed by atoms with Crippen LogP contribution in [0.1, 0.15) is 53.4 Å². The molecule has 5 aromatic rings. The molecule has 0 saturated carbocycles. The van der Waals surface area contributed by atoms with Crippen molar-refractivity contribution in [1.29, 1.82) is 0 Å². The topological polar surface area (TPSA) is 106 Å². The Labute approximate surface area is 202 Å². The predicted molar refractivity (Wildman–Crippen MR) is 131 cm³/mol. The Bertz CT molecular complexity index is 1470. The second-order valence-corrected chi connectivity index (χ2v) is 8.85. The van der Waals surface area contributed by atoms with E-state index in [4.69, 9.17) is 8.83 Å². The van der Waals surface area contributed by atoms with Crippen LogP contribution in [-0.4, -0.2) is 30.1 Å². The van der Waals surface area contributed by atoms with E-state index in [2.05, 4.69) is 45.3 Å². The summed E-state index contributed by atoms with van der Waals surface area (Å²) in [5, 5.41) is 13.5. The van der Waals surface area contributed by atoms with Crippen molar-refractivity contribution in [2.75, 3.05) is 0 Å². The molecule has 0 aliphatic carbocycles. The molecule has 35 heavy (non-hydrogen) atoms. The smallest absolute Gasteiger partial charge is 0.252 e. The van der Waals surface area contributed by atoms with Crippen LogP contribution < -0.4 is 5.56 Å². The molecule has 0 unspecified atom stereocenters. The van der Waals surface area contributed by atoms with Crippen molar-refractivity contribution < 1.29 is 8.83 Å². The van der Waals surface area contributed by atoms with Gasteiger partial charge in [-0.1, -0.05) is 13.0 Å². The molecule has 0 radical (unpaired) electrons. The lowest BCUT2D eigenvalue weighted by Gasteiger charge is -2.29. The number of hydrogen-bond acceptors (Lipinski definition) is 7. The number of H-pyrrole nitrogens is 1. The number of aromatic nitrogens is 5. The molecule has 4 aromatic heterocycles. The van der Waals surface area contributed by atoms with Crippen LogP contribution in [0.3, 0.4) is 0 Å². The van der Waals surface area contributed by atoms with Crippen LogP contribution in [-0.2, 0) is 19.6 Å². The van der Waals surface area contributed by atoms with Gasteiger partial charge in [-0.05, 0) is 78.2 Å². The molecule has 0 amide bonds. The van der Waals surface area contributed by atoms with Gasteiger partial charge in [-0.25, -0.2) is 4.68 Å². The van der Waals surface area contributed by atoms with Gasteiger partial charge in [0.05, 0.1) is 25.1 Å². The molecule has 9 heteroatoms. The van der Waals surface area contributed by atoms with Crippen LogP contribution in [0.5, 0.6) is 0 Å². The van der Waals surface area contributed by atoms with Crippen molar-refractivity contribution in [3.05, 3.63) is 99.4 Å². The van der Waals surface area contributed by atoms with Gasteiger partial charge in [0.25, 0.3) is 5.56 Å². The number of nitrogens with zero attached hydrogens (tertiary/aromatic N) is 5. The number of tetrazole rings is 1. The van der Waals surface area contributed by atoms with Crippen LogP contribution in [0.4, 0.5) is 0 Å². The zero-order chi connectivity index (χ0) is 24.4. The summed E-state index contributed by atoms with van der Waals surface area (Å²) in [6.07, 6.45) is 4.03. The molecule has 0 aliphatic rings. The molecule has 1 atom stereocenters. The molecule has 0 fully saturated rings. The van der Waals surface area contributed by atoms with E-state index in [9.17, 15) is 4.79 Å². The largest absolute Gasteiger partial charge is 0.468 e. The fourth-order valence-corrected chi connectivity index (χ4v) is 4.65. The number of fused-ring (bicyclic) bond motifs is 1. The summed E-state index contributed by atoms with van der Waals surface area (Å²) in [5.41, 5.74) is 3.68. The van der Waals surface area contributed by atoms with E-state index < -0.39 is 0 Å². The SMILES string of the molecule is CC[C@H](c1nnnn1Cc1ccco1)N(Cc1ccco1)Cc1cc2c(C)cc(C)cc2[nH]c1=O. The fourth-order valence-electron chi connectivity index (χ4n) is 4.65. The van der Waals surface area contributed by atoms with Crippen molar-refractivity contribution in [2.45, 2.75) is 52.9 Å². The Balaban J connectivity index is 1.52. The number of pyridine rings is 1. The third-order valence-corrected chi connectivity index (χ3v) is 6.27. The Morgan fingerprint density at radius 2 is 1.83 bits per heavy atom. The molecule has 5 rings (SSSR count). The summed E-state index contributed by atoms with van der Waals surface area (Å²) in [7, 11) is 0. The lowest BCUT2D eigenvalue weighted by molar-refractivity contribution is 0.149. The Morgan fingerprint density at radius 3 is 2.54 bits per heavy atom. The van der Waals surface area contributed by atoms with Gasteiger partial charge in [0.1, 0.15) is 18.1 Å². The molecule has 9 nitrogen and oxygen atoms in total. The van der Waals surface area contributed by atoms with Gasteiger partial charge in [-0.15, -0.1) is 5.10 Å². The second-order valence-electron chi connectivity index (χ2n) is 8.85. The minimum atomic E-state index is -0.153.